The maximum atomic E-state index is 12.2. The number of ether oxygens (including phenoxy) is 1. The molecule has 2 rings (SSSR count). The molecule has 0 radical (unpaired) electrons. The smallest absolute Gasteiger partial charge is 0.406 e. The highest BCUT2D eigenvalue weighted by molar-refractivity contribution is 6.42. The van der Waals surface area contributed by atoms with Gasteiger partial charge in [-0.15, -0.1) is 13.2 Å². The summed E-state index contributed by atoms with van der Waals surface area (Å²) < 4.78 is 40.3. The first-order valence-electron chi connectivity index (χ1n) is 6.58. The van der Waals surface area contributed by atoms with Crippen LogP contribution in [0.5, 0.6) is 5.75 Å². The average Bonchev–Trinajstić information content (AvgIpc) is 2.46. The molecule has 0 aliphatic rings. The molecule has 0 saturated heterocycles. The van der Waals surface area contributed by atoms with E-state index in [-0.39, 0.29) is 5.75 Å². The zero-order valence-electron chi connectivity index (χ0n) is 11.8. The van der Waals surface area contributed by atoms with Gasteiger partial charge in [0.2, 0.25) is 0 Å². The maximum absolute atomic E-state index is 12.2. The molecule has 0 aliphatic heterocycles. The molecule has 0 atom stereocenters. The van der Waals surface area contributed by atoms with Crippen molar-refractivity contribution in [1.29, 1.82) is 0 Å². The van der Waals surface area contributed by atoms with Gasteiger partial charge >= 0.3 is 6.36 Å². The lowest BCUT2D eigenvalue weighted by Gasteiger charge is -2.11. The fourth-order valence-corrected chi connectivity index (χ4v) is 2.15. The Balaban J connectivity index is 1.82. The topological polar surface area (TPSA) is 33.3 Å². The fraction of sp³-hybridized carbons (Fsp3) is 0.200. The van der Waals surface area contributed by atoms with Crippen molar-refractivity contribution in [3.63, 3.8) is 0 Å². The van der Waals surface area contributed by atoms with Crippen LogP contribution in [0.1, 0.15) is 11.1 Å². The Hall–Kier alpha value is -1.47. The molecule has 0 spiro atoms. The van der Waals surface area contributed by atoms with Crippen LogP contribution in [-0.2, 0) is 13.1 Å². The SMILES string of the molecule is FC(F)(F)Oc1cccc(CNNCc2ccc(Cl)c(Cl)c2)c1. The van der Waals surface area contributed by atoms with Crippen molar-refractivity contribution < 1.29 is 17.9 Å². The van der Waals surface area contributed by atoms with Gasteiger partial charge < -0.3 is 4.74 Å². The van der Waals surface area contributed by atoms with Crippen molar-refractivity contribution in [2.45, 2.75) is 19.5 Å². The van der Waals surface area contributed by atoms with Crippen LogP contribution in [0, 0.1) is 0 Å². The molecule has 0 aliphatic carbocycles. The van der Waals surface area contributed by atoms with Crippen molar-refractivity contribution in [1.82, 2.24) is 10.9 Å². The minimum Gasteiger partial charge on any atom is -0.406 e. The monoisotopic (exact) mass is 364 g/mol. The van der Waals surface area contributed by atoms with Gasteiger partial charge in [-0.2, -0.15) is 0 Å². The molecule has 2 aromatic rings. The Morgan fingerprint density at radius 2 is 1.52 bits per heavy atom. The second kappa shape index (κ2) is 7.88. The first-order valence-corrected chi connectivity index (χ1v) is 7.33. The second-order valence-corrected chi connectivity index (χ2v) is 5.47. The van der Waals surface area contributed by atoms with Gasteiger partial charge in [0.25, 0.3) is 0 Å². The quantitative estimate of drug-likeness (QED) is 0.576. The number of alkyl halides is 3. The van der Waals surface area contributed by atoms with Gasteiger partial charge in [-0.3, -0.25) is 10.9 Å². The lowest BCUT2D eigenvalue weighted by Crippen LogP contribution is -2.30. The number of hydrogen-bond acceptors (Lipinski definition) is 3. The lowest BCUT2D eigenvalue weighted by molar-refractivity contribution is -0.274. The molecule has 2 N–H and O–H groups in total. The third kappa shape index (κ3) is 6.27. The summed E-state index contributed by atoms with van der Waals surface area (Å²) in [5.74, 6) is -0.249. The highest BCUT2D eigenvalue weighted by atomic mass is 35.5. The summed E-state index contributed by atoms with van der Waals surface area (Å²) in [6.07, 6.45) is -4.70. The predicted molar refractivity (Wildman–Crippen MR) is 83.3 cm³/mol. The Bertz CT molecular complexity index is 665. The van der Waals surface area contributed by atoms with Crippen molar-refractivity contribution in [2.75, 3.05) is 0 Å². The molecule has 0 heterocycles. The molecule has 0 bridgehead atoms. The van der Waals surface area contributed by atoms with E-state index in [1.165, 1.54) is 18.2 Å². The van der Waals surface area contributed by atoms with E-state index in [4.69, 9.17) is 23.2 Å². The molecule has 0 aromatic heterocycles. The fourth-order valence-electron chi connectivity index (χ4n) is 1.83. The molecule has 0 saturated carbocycles. The third-order valence-corrected chi connectivity index (χ3v) is 3.57. The number of nitrogens with one attached hydrogen (secondary N) is 2. The summed E-state index contributed by atoms with van der Waals surface area (Å²) in [5.41, 5.74) is 7.43. The molecule has 0 amide bonds. The van der Waals surface area contributed by atoms with Gasteiger partial charge in [-0.25, -0.2) is 0 Å². The minimum absolute atomic E-state index is 0.249. The largest absolute Gasteiger partial charge is 0.573 e. The van der Waals surface area contributed by atoms with Gasteiger partial charge in [0.15, 0.2) is 0 Å². The Morgan fingerprint density at radius 3 is 2.13 bits per heavy atom. The first kappa shape index (κ1) is 17.9. The number of halogens is 5. The Labute approximate surface area is 141 Å². The van der Waals surface area contributed by atoms with Crippen LogP contribution in [-0.4, -0.2) is 6.36 Å². The minimum atomic E-state index is -4.70. The van der Waals surface area contributed by atoms with E-state index < -0.39 is 6.36 Å². The second-order valence-electron chi connectivity index (χ2n) is 4.65. The molecular formula is C15H13Cl2F3N2O. The molecule has 0 unspecified atom stereocenters. The summed E-state index contributed by atoms with van der Waals surface area (Å²) in [7, 11) is 0. The van der Waals surface area contributed by atoms with E-state index in [1.807, 2.05) is 6.07 Å². The summed E-state index contributed by atoms with van der Waals surface area (Å²) in [6.45, 7) is 0.812. The zero-order chi connectivity index (χ0) is 16.9. The van der Waals surface area contributed by atoms with Gasteiger partial charge in [0.05, 0.1) is 10.0 Å². The molecule has 3 nitrogen and oxygen atoms in total. The van der Waals surface area contributed by atoms with E-state index in [9.17, 15) is 13.2 Å². The van der Waals surface area contributed by atoms with Crippen LogP contribution in [0.3, 0.4) is 0 Å². The Kier molecular flexibility index (Phi) is 6.12. The zero-order valence-corrected chi connectivity index (χ0v) is 13.3. The van der Waals surface area contributed by atoms with E-state index in [0.717, 1.165) is 5.56 Å². The first-order chi connectivity index (χ1) is 10.8. The highest BCUT2D eigenvalue weighted by Crippen LogP contribution is 2.23. The number of benzene rings is 2. The van der Waals surface area contributed by atoms with Gasteiger partial charge in [-0.05, 0) is 35.4 Å². The van der Waals surface area contributed by atoms with Gasteiger partial charge in [-0.1, -0.05) is 41.4 Å². The van der Waals surface area contributed by atoms with E-state index in [1.54, 1.807) is 18.2 Å². The van der Waals surface area contributed by atoms with Gasteiger partial charge in [0.1, 0.15) is 5.75 Å². The average molecular weight is 365 g/mol. The number of rotatable bonds is 6. The maximum Gasteiger partial charge on any atom is 0.573 e. The number of hydrogen-bond donors (Lipinski definition) is 2. The van der Waals surface area contributed by atoms with Crippen LogP contribution in [0.25, 0.3) is 0 Å². The summed E-state index contributed by atoms with van der Waals surface area (Å²) in [4.78, 5) is 0. The molecule has 2 aromatic carbocycles. The molecule has 8 heteroatoms. The van der Waals surface area contributed by atoms with Crippen LogP contribution in [0.15, 0.2) is 42.5 Å². The molecular weight excluding hydrogens is 352 g/mol. The normalized spacial score (nSPS) is 11.5. The standard InChI is InChI=1S/C15H13Cl2F3N2O/c16-13-5-4-11(7-14(13)17)9-22-21-8-10-2-1-3-12(6-10)23-15(18,19)20/h1-7,21-22H,8-9H2. The summed E-state index contributed by atoms with van der Waals surface area (Å²) in [5, 5.41) is 0.938. The van der Waals surface area contributed by atoms with Crippen molar-refractivity contribution in [3.8, 4) is 5.75 Å². The van der Waals surface area contributed by atoms with Crippen molar-refractivity contribution in [2.24, 2.45) is 0 Å². The van der Waals surface area contributed by atoms with E-state index in [2.05, 4.69) is 15.6 Å². The highest BCUT2D eigenvalue weighted by Gasteiger charge is 2.31. The van der Waals surface area contributed by atoms with Crippen molar-refractivity contribution >= 4 is 23.2 Å². The number of hydrazine groups is 1. The van der Waals surface area contributed by atoms with Crippen LogP contribution in [0.2, 0.25) is 10.0 Å². The van der Waals surface area contributed by atoms with Crippen molar-refractivity contribution in [3.05, 3.63) is 63.6 Å². The lowest BCUT2D eigenvalue weighted by atomic mass is 10.2. The molecule has 124 valence electrons. The van der Waals surface area contributed by atoms with Crippen LogP contribution < -0.4 is 15.6 Å². The Morgan fingerprint density at radius 1 is 0.870 bits per heavy atom. The third-order valence-electron chi connectivity index (χ3n) is 2.83. The molecule has 0 fully saturated rings. The van der Waals surface area contributed by atoms with E-state index in [0.29, 0.717) is 28.7 Å². The summed E-state index contributed by atoms with van der Waals surface area (Å²) in [6, 6.07) is 11.0. The predicted octanol–water partition coefficient (Wildman–Crippen LogP) is 4.69. The van der Waals surface area contributed by atoms with Crippen LogP contribution >= 0.6 is 23.2 Å². The summed E-state index contributed by atoms with van der Waals surface area (Å²) >= 11 is 11.7. The van der Waals surface area contributed by atoms with Crippen LogP contribution in [0.4, 0.5) is 13.2 Å². The van der Waals surface area contributed by atoms with Gasteiger partial charge in [0, 0.05) is 13.1 Å². The molecule has 23 heavy (non-hydrogen) atoms. The van der Waals surface area contributed by atoms with E-state index >= 15 is 0 Å².